The maximum Gasteiger partial charge on any atom is 0.319 e. The number of phenols is 1. The number of anilines is 1. The number of nitrogens with one attached hydrogen (secondary N) is 2. The molecule has 2 rings (SSSR count). The van der Waals surface area contributed by atoms with Crippen LogP contribution in [0, 0.1) is 6.92 Å². The van der Waals surface area contributed by atoms with Crippen molar-refractivity contribution in [2.24, 2.45) is 0 Å². The molecule has 0 heterocycles. The van der Waals surface area contributed by atoms with Crippen LogP contribution in [0.5, 0.6) is 11.5 Å². The molecular weight excluding hydrogens is 304 g/mol. The van der Waals surface area contributed by atoms with E-state index in [0.717, 1.165) is 11.1 Å². The van der Waals surface area contributed by atoms with Crippen molar-refractivity contribution in [3.63, 3.8) is 0 Å². The van der Waals surface area contributed by atoms with Gasteiger partial charge in [-0.3, -0.25) is 0 Å². The fourth-order valence-corrected chi connectivity index (χ4v) is 2.04. The summed E-state index contributed by atoms with van der Waals surface area (Å²) in [5, 5.41) is 15.5. The van der Waals surface area contributed by atoms with E-state index in [4.69, 9.17) is 16.3 Å². The summed E-state index contributed by atoms with van der Waals surface area (Å²) in [5.74, 6) is 0.426. The first-order chi connectivity index (χ1) is 10.5. The minimum absolute atomic E-state index is 0.0602. The first kappa shape index (κ1) is 16.0. The Labute approximate surface area is 133 Å². The molecule has 0 bridgehead atoms. The lowest BCUT2D eigenvalue weighted by Crippen LogP contribution is -2.28. The molecule has 3 N–H and O–H groups in total. The summed E-state index contributed by atoms with van der Waals surface area (Å²) in [4.78, 5) is 11.9. The number of benzene rings is 2. The fraction of sp³-hybridized carbons (Fsp3) is 0.188. The lowest BCUT2D eigenvalue weighted by Gasteiger charge is -2.10. The molecule has 0 atom stereocenters. The van der Waals surface area contributed by atoms with E-state index in [1.807, 2.05) is 13.0 Å². The number of aryl methyl sites for hydroxylation is 1. The average Bonchev–Trinajstić information content (AvgIpc) is 2.50. The van der Waals surface area contributed by atoms with Gasteiger partial charge in [0.05, 0.1) is 7.11 Å². The van der Waals surface area contributed by atoms with E-state index in [2.05, 4.69) is 10.6 Å². The Balaban J connectivity index is 1.93. The van der Waals surface area contributed by atoms with E-state index in [1.165, 1.54) is 13.2 Å². The Morgan fingerprint density at radius 3 is 2.73 bits per heavy atom. The second-order valence-electron chi connectivity index (χ2n) is 4.78. The molecule has 6 heteroatoms. The Morgan fingerprint density at radius 2 is 2.05 bits per heavy atom. The van der Waals surface area contributed by atoms with Gasteiger partial charge in [-0.15, -0.1) is 0 Å². The number of hydrogen-bond donors (Lipinski definition) is 3. The molecular formula is C16H17ClN2O3. The molecule has 0 radical (unpaired) electrons. The number of carbonyl (C=O) groups excluding carboxylic acids is 1. The van der Waals surface area contributed by atoms with Crippen molar-refractivity contribution in [3.8, 4) is 11.5 Å². The summed E-state index contributed by atoms with van der Waals surface area (Å²) in [6, 6.07) is 9.87. The molecule has 0 saturated carbocycles. The minimum atomic E-state index is -0.341. The van der Waals surface area contributed by atoms with Gasteiger partial charge in [0, 0.05) is 17.3 Å². The summed E-state index contributed by atoms with van der Waals surface area (Å²) in [7, 11) is 1.47. The molecule has 2 aromatic rings. The number of amides is 2. The molecule has 0 aliphatic heterocycles. The molecule has 0 saturated heterocycles. The van der Waals surface area contributed by atoms with Crippen molar-refractivity contribution in [1.29, 1.82) is 0 Å². The number of urea groups is 1. The van der Waals surface area contributed by atoms with Gasteiger partial charge in [-0.05, 0) is 42.3 Å². The van der Waals surface area contributed by atoms with E-state index in [1.54, 1.807) is 24.3 Å². The van der Waals surface area contributed by atoms with E-state index < -0.39 is 0 Å². The zero-order valence-electron chi connectivity index (χ0n) is 12.3. The summed E-state index contributed by atoms with van der Waals surface area (Å²) < 4.78 is 5.02. The Morgan fingerprint density at radius 1 is 1.27 bits per heavy atom. The van der Waals surface area contributed by atoms with Crippen molar-refractivity contribution in [2.45, 2.75) is 13.5 Å². The summed E-state index contributed by atoms with van der Waals surface area (Å²) in [5.41, 5.74) is 2.38. The van der Waals surface area contributed by atoms with Crippen LogP contribution in [0.25, 0.3) is 0 Å². The largest absolute Gasteiger partial charge is 0.504 e. The van der Waals surface area contributed by atoms with Gasteiger partial charge >= 0.3 is 6.03 Å². The zero-order chi connectivity index (χ0) is 16.1. The van der Waals surface area contributed by atoms with Crippen molar-refractivity contribution < 1.29 is 14.6 Å². The van der Waals surface area contributed by atoms with E-state index >= 15 is 0 Å². The van der Waals surface area contributed by atoms with Crippen LogP contribution >= 0.6 is 11.6 Å². The standard InChI is InChI=1S/C16H17ClN2O3/c1-10-3-5-12(8-13(10)17)19-16(21)18-9-11-4-6-14(20)15(7-11)22-2/h3-8,20H,9H2,1-2H3,(H2,18,19,21). The lowest BCUT2D eigenvalue weighted by atomic mass is 10.2. The van der Waals surface area contributed by atoms with Gasteiger partial charge in [0.2, 0.25) is 0 Å². The number of halogens is 1. The van der Waals surface area contributed by atoms with Crippen LogP contribution in [0.4, 0.5) is 10.5 Å². The van der Waals surface area contributed by atoms with Crippen LogP contribution in [0.15, 0.2) is 36.4 Å². The number of ether oxygens (including phenoxy) is 1. The third kappa shape index (κ3) is 4.05. The Bertz CT molecular complexity index is 689. The van der Waals surface area contributed by atoms with E-state index in [-0.39, 0.29) is 11.8 Å². The highest BCUT2D eigenvalue weighted by atomic mass is 35.5. The number of rotatable bonds is 4. The molecule has 5 nitrogen and oxygen atoms in total. The van der Waals surface area contributed by atoms with Crippen LogP contribution in [0.1, 0.15) is 11.1 Å². The lowest BCUT2D eigenvalue weighted by molar-refractivity contribution is 0.251. The van der Waals surface area contributed by atoms with Crippen molar-refractivity contribution in [1.82, 2.24) is 5.32 Å². The topological polar surface area (TPSA) is 70.6 Å². The van der Waals surface area contributed by atoms with Gasteiger partial charge < -0.3 is 20.5 Å². The molecule has 0 aliphatic carbocycles. The number of phenolic OH excluding ortho intramolecular Hbond substituents is 1. The van der Waals surface area contributed by atoms with Crippen LogP contribution in [0.2, 0.25) is 5.02 Å². The molecule has 0 spiro atoms. The molecule has 2 aromatic carbocycles. The predicted molar refractivity (Wildman–Crippen MR) is 86.7 cm³/mol. The molecule has 116 valence electrons. The van der Waals surface area contributed by atoms with Gasteiger partial charge in [0.1, 0.15) is 0 Å². The molecule has 0 unspecified atom stereocenters. The Hall–Kier alpha value is -2.40. The molecule has 0 aromatic heterocycles. The highest BCUT2D eigenvalue weighted by Crippen LogP contribution is 2.26. The summed E-state index contributed by atoms with van der Waals surface area (Å²) in [6.07, 6.45) is 0. The molecule has 0 fully saturated rings. The maximum absolute atomic E-state index is 11.9. The maximum atomic E-state index is 11.9. The number of hydrogen-bond acceptors (Lipinski definition) is 3. The van der Waals surface area contributed by atoms with Gasteiger partial charge in [0.15, 0.2) is 11.5 Å². The molecule has 22 heavy (non-hydrogen) atoms. The van der Waals surface area contributed by atoms with Crippen LogP contribution in [-0.2, 0) is 6.54 Å². The minimum Gasteiger partial charge on any atom is -0.504 e. The highest BCUT2D eigenvalue weighted by molar-refractivity contribution is 6.31. The van der Waals surface area contributed by atoms with Gasteiger partial charge in [-0.1, -0.05) is 23.7 Å². The second-order valence-corrected chi connectivity index (χ2v) is 5.19. The first-order valence-corrected chi connectivity index (χ1v) is 7.04. The van der Waals surface area contributed by atoms with Crippen molar-refractivity contribution in [3.05, 3.63) is 52.5 Å². The molecule has 0 aliphatic rings. The summed E-state index contributed by atoms with van der Waals surface area (Å²) in [6.45, 7) is 2.20. The third-order valence-corrected chi connectivity index (χ3v) is 3.53. The second kappa shape index (κ2) is 7.04. The van der Waals surface area contributed by atoms with Crippen molar-refractivity contribution in [2.75, 3.05) is 12.4 Å². The van der Waals surface area contributed by atoms with Crippen LogP contribution in [-0.4, -0.2) is 18.2 Å². The quantitative estimate of drug-likeness (QED) is 0.804. The van der Waals surface area contributed by atoms with Gasteiger partial charge in [-0.25, -0.2) is 4.79 Å². The number of aromatic hydroxyl groups is 1. The fourth-order valence-electron chi connectivity index (χ4n) is 1.86. The SMILES string of the molecule is COc1cc(CNC(=O)Nc2ccc(C)c(Cl)c2)ccc1O. The van der Waals surface area contributed by atoms with Crippen LogP contribution in [0.3, 0.4) is 0 Å². The van der Waals surface area contributed by atoms with Crippen LogP contribution < -0.4 is 15.4 Å². The van der Waals surface area contributed by atoms with E-state index in [0.29, 0.717) is 23.0 Å². The Kier molecular flexibility index (Phi) is 5.12. The highest BCUT2D eigenvalue weighted by Gasteiger charge is 2.06. The van der Waals surface area contributed by atoms with E-state index in [9.17, 15) is 9.90 Å². The smallest absolute Gasteiger partial charge is 0.319 e. The normalized spacial score (nSPS) is 10.1. The van der Waals surface area contributed by atoms with Gasteiger partial charge in [0.25, 0.3) is 0 Å². The average molecular weight is 321 g/mol. The van der Waals surface area contributed by atoms with Crippen molar-refractivity contribution >= 4 is 23.3 Å². The van der Waals surface area contributed by atoms with Gasteiger partial charge in [-0.2, -0.15) is 0 Å². The third-order valence-electron chi connectivity index (χ3n) is 3.13. The first-order valence-electron chi connectivity index (χ1n) is 6.66. The number of carbonyl (C=O) groups is 1. The summed E-state index contributed by atoms with van der Waals surface area (Å²) >= 11 is 6.01. The predicted octanol–water partition coefficient (Wildman–Crippen LogP) is 3.68. The zero-order valence-corrected chi connectivity index (χ0v) is 13.1. The monoisotopic (exact) mass is 320 g/mol. The molecule has 2 amide bonds. The number of methoxy groups -OCH3 is 1.